The number of pyridine rings is 1. The molecule has 0 saturated carbocycles. The molecule has 1 fully saturated rings. The Hall–Kier alpha value is -1.86. The number of piperidine rings is 1. The van der Waals surface area contributed by atoms with E-state index in [1.54, 1.807) is 6.20 Å². The van der Waals surface area contributed by atoms with Gasteiger partial charge in [0.25, 0.3) is 0 Å². The first kappa shape index (κ1) is 21.4. The molecule has 1 N–H and O–H groups in total. The molecule has 1 aliphatic heterocycles. The summed E-state index contributed by atoms with van der Waals surface area (Å²) in [4.78, 5) is 29.1. The number of carbonyl (C=O) groups is 2. The maximum Gasteiger partial charge on any atom is 0.221 e. The standard InChI is InChI=1S/C20H29N3O3S/c1-17(24)27-14-8-19(25)21-9-3-6-13-26-20-15-18(7-10-22-20)16-23-11-4-2-5-12-23/h3,6-7,10,15H,2,4-5,8-9,11-14,16H2,1H3,(H,21,25)/b6-3-. The Morgan fingerprint density at radius 1 is 1.30 bits per heavy atom. The van der Waals surface area contributed by atoms with Crippen LogP contribution in [0.4, 0.5) is 0 Å². The fourth-order valence-electron chi connectivity index (χ4n) is 2.84. The number of hydrogen-bond donors (Lipinski definition) is 1. The maximum atomic E-state index is 11.6. The van der Waals surface area contributed by atoms with Crippen molar-refractivity contribution >= 4 is 22.8 Å². The first-order valence-corrected chi connectivity index (χ1v) is 10.5. The van der Waals surface area contributed by atoms with Gasteiger partial charge in [-0.1, -0.05) is 24.3 Å². The van der Waals surface area contributed by atoms with Crippen molar-refractivity contribution < 1.29 is 14.3 Å². The molecule has 0 unspecified atom stereocenters. The predicted molar refractivity (Wildman–Crippen MR) is 109 cm³/mol. The molecular weight excluding hydrogens is 362 g/mol. The van der Waals surface area contributed by atoms with E-state index in [9.17, 15) is 9.59 Å². The molecule has 2 rings (SSSR count). The first-order valence-electron chi connectivity index (χ1n) is 9.48. The number of carbonyl (C=O) groups excluding carboxylic acids is 2. The van der Waals surface area contributed by atoms with Crippen LogP contribution in [-0.2, 0) is 16.1 Å². The molecule has 1 amide bonds. The van der Waals surface area contributed by atoms with E-state index in [0.717, 1.165) is 6.54 Å². The molecule has 0 spiro atoms. The van der Waals surface area contributed by atoms with E-state index in [2.05, 4.69) is 15.2 Å². The average molecular weight is 392 g/mol. The Balaban J connectivity index is 1.61. The number of amides is 1. The molecule has 1 aromatic rings. The van der Waals surface area contributed by atoms with Gasteiger partial charge in [0.05, 0.1) is 0 Å². The van der Waals surface area contributed by atoms with Crippen molar-refractivity contribution in [3.8, 4) is 5.88 Å². The lowest BCUT2D eigenvalue weighted by Gasteiger charge is -2.26. The summed E-state index contributed by atoms with van der Waals surface area (Å²) in [7, 11) is 0. The number of thioether (sulfide) groups is 1. The Labute approximate surface area is 165 Å². The van der Waals surface area contributed by atoms with Crippen molar-refractivity contribution in [3.63, 3.8) is 0 Å². The summed E-state index contributed by atoms with van der Waals surface area (Å²) >= 11 is 1.17. The Morgan fingerprint density at radius 3 is 2.89 bits per heavy atom. The second-order valence-electron chi connectivity index (χ2n) is 6.52. The van der Waals surface area contributed by atoms with Crippen molar-refractivity contribution in [2.45, 2.75) is 39.2 Å². The summed E-state index contributed by atoms with van der Waals surface area (Å²) in [5, 5.41) is 2.82. The fourth-order valence-corrected chi connectivity index (χ4v) is 3.41. The first-order chi connectivity index (χ1) is 13.1. The lowest BCUT2D eigenvalue weighted by Crippen LogP contribution is -2.29. The van der Waals surface area contributed by atoms with Crippen molar-refractivity contribution in [2.75, 3.05) is 32.0 Å². The molecule has 0 aliphatic carbocycles. The van der Waals surface area contributed by atoms with Gasteiger partial charge in [-0.2, -0.15) is 0 Å². The normalized spacial score (nSPS) is 15.0. The summed E-state index contributed by atoms with van der Waals surface area (Å²) in [6.07, 6.45) is 9.76. The largest absolute Gasteiger partial charge is 0.473 e. The van der Waals surface area contributed by atoms with Crippen LogP contribution in [0.3, 0.4) is 0 Å². The molecule has 2 heterocycles. The number of nitrogens with zero attached hydrogens (tertiary/aromatic N) is 2. The molecule has 148 valence electrons. The highest BCUT2D eigenvalue weighted by Gasteiger charge is 2.10. The number of likely N-dealkylation sites (tertiary alicyclic amines) is 1. The molecular formula is C20H29N3O3S. The number of hydrogen-bond acceptors (Lipinski definition) is 6. The third kappa shape index (κ3) is 9.58. The number of nitrogens with one attached hydrogen (secondary N) is 1. The van der Waals surface area contributed by atoms with E-state index in [1.165, 1.54) is 56.6 Å². The molecule has 1 aromatic heterocycles. The van der Waals surface area contributed by atoms with E-state index in [4.69, 9.17) is 4.74 Å². The second-order valence-corrected chi connectivity index (χ2v) is 7.79. The minimum Gasteiger partial charge on any atom is -0.473 e. The third-order valence-electron chi connectivity index (χ3n) is 4.20. The minimum atomic E-state index is -0.0543. The Morgan fingerprint density at radius 2 is 2.11 bits per heavy atom. The Kier molecular flexibility index (Phi) is 9.94. The third-order valence-corrected chi connectivity index (χ3v) is 5.01. The zero-order valence-corrected chi connectivity index (χ0v) is 16.8. The molecule has 0 atom stereocenters. The van der Waals surface area contributed by atoms with Gasteiger partial charge in [-0.25, -0.2) is 4.98 Å². The lowest BCUT2D eigenvalue weighted by molar-refractivity contribution is -0.120. The summed E-state index contributed by atoms with van der Waals surface area (Å²) in [5.74, 6) is 1.09. The zero-order chi connectivity index (χ0) is 19.3. The predicted octanol–water partition coefficient (Wildman–Crippen LogP) is 2.79. The van der Waals surface area contributed by atoms with Crippen molar-refractivity contribution in [1.82, 2.24) is 15.2 Å². The fraction of sp³-hybridized carbons (Fsp3) is 0.550. The summed E-state index contributed by atoms with van der Waals surface area (Å²) in [6, 6.07) is 4.04. The monoisotopic (exact) mass is 391 g/mol. The average Bonchev–Trinajstić information content (AvgIpc) is 2.65. The highest BCUT2D eigenvalue weighted by molar-refractivity contribution is 8.13. The van der Waals surface area contributed by atoms with Gasteiger partial charge in [-0.15, -0.1) is 0 Å². The van der Waals surface area contributed by atoms with Gasteiger partial charge in [0, 0.05) is 44.5 Å². The van der Waals surface area contributed by atoms with E-state index in [-0.39, 0.29) is 11.0 Å². The number of ether oxygens (including phenoxy) is 1. The lowest BCUT2D eigenvalue weighted by atomic mass is 10.1. The smallest absolute Gasteiger partial charge is 0.221 e. The Bertz CT molecular complexity index is 631. The van der Waals surface area contributed by atoms with E-state index >= 15 is 0 Å². The van der Waals surface area contributed by atoms with Crippen LogP contribution in [-0.4, -0.2) is 52.9 Å². The molecule has 0 radical (unpaired) electrons. The second kappa shape index (κ2) is 12.5. The van der Waals surface area contributed by atoms with Crippen LogP contribution in [0.1, 0.15) is 38.2 Å². The van der Waals surface area contributed by atoms with Gasteiger partial charge < -0.3 is 10.1 Å². The van der Waals surface area contributed by atoms with Gasteiger partial charge in [0.15, 0.2) is 5.12 Å². The van der Waals surface area contributed by atoms with Gasteiger partial charge in [0.2, 0.25) is 11.8 Å². The molecule has 27 heavy (non-hydrogen) atoms. The summed E-state index contributed by atoms with van der Waals surface area (Å²) < 4.78 is 5.66. The van der Waals surface area contributed by atoms with Gasteiger partial charge >= 0.3 is 0 Å². The number of aromatic nitrogens is 1. The SMILES string of the molecule is CC(=O)SCCC(=O)NC/C=C\COc1cc(CN2CCCCC2)ccn1. The van der Waals surface area contributed by atoms with Crippen molar-refractivity contribution in [1.29, 1.82) is 0 Å². The molecule has 0 aromatic carbocycles. The zero-order valence-electron chi connectivity index (χ0n) is 16.0. The minimum absolute atomic E-state index is 0.0356. The molecule has 1 aliphatic rings. The van der Waals surface area contributed by atoms with Gasteiger partial charge in [-0.3, -0.25) is 14.5 Å². The van der Waals surface area contributed by atoms with Crippen LogP contribution in [0, 0.1) is 0 Å². The van der Waals surface area contributed by atoms with Crippen molar-refractivity contribution in [3.05, 3.63) is 36.0 Å². The van der Waals surface area contributed by atoms with Crippen LogP contribution < -0.4 is 10.1 Å². The summed E-state index contributed by atoms with van der Waals surface area (Å²) in [5.41, 5.74) is 1.22. The van der Waals surface area contributed by atoms with Crippen molar-refractivity contribution in [2.24, 2.45) is 0 Å². The number of rotatable bonds is 10. The highest BCUT2D eigenvalue weighted by Crippen LogP contribution is 2.15. The van der Waals surface area contributed by atoms with E-state index < -0.39 is 0 Å². The molecule has 0 bridgehead atoms. The van der Waals surface area contributed by atoms with Crippen LogP contribution in [0.15, 0.2) is 30.5 Å². The van der Waals surface area contributed by atoms with Gasteiger partial charge in [0.1, 0.15) is 6.61 Å². The highest BCUT2D eigenvalue weighted by atomic mass is 32.2. The van der Waals surface area contributed by atoms with Crippen LogP contribution >= 0.6 is 11.8 Å². The quantitative estimate of drug-likeness (QED) is 0.619. The van der Waals surface area contributed by atoms with E-state index in [1.807, 2.05) is 24.3 Å². The van der Waals surface area contributed by atoms with Crippen LogP contribution in [0.25, 0.3) is 0 Å². The van der Waals surface area contributed by atoms with E-state index in [0.29, 0.717) is 31.2 Å². The topological polar surface area (TPSA) is 71.5 Å². The molecule has 6 nitrogen and oxygen atoms in total. The molecule has 1 saturated heterocycles. The molecule has 7 heteroatoms. The van der Waals surface area contributed by atoms with Crippen LogP contribution in [0.5, 0.6) is 5.88 Å². The maximum absolute atomic E-state index is 11.6. The van der Waals surface area contributed by atoms with Gasteiger partial charge in [-0.05, 0) is 43.6 Å². The van der Waals surface area contributed by atoms with Crippen LogP contribution in [0.2, 0.25) is 0 Å². The summed E-state index contributed by atoms with van der Waals surface area (Å²) in [6.45, 7) is 5.65.